The van der Waals surface area contributed by atoms with E-state index in [0.29, 0.717) is 24.3 Å². The zero-order valence-electron chi connectivity index (χ0n) is 16.7. The van der Waals surface area contributed by atoms with Crippen LogP contribution in [0.2, 0.25) is 0 Å². The first-order valence-corrected chi connectivity index (χ1v) is 12.0. The first kappa shape index (κ1) is 20.1. The normalized spacial score (nSPS) is 17.9. The Bertz CT molecular complexity index is 976. The molecule has 154 valence electrons. The van der Waals surface area contributed by atoms with Crippen molar-refractivity contribution >= 4 is 21.6 Å². The molecule has 29 heavy (non-hydrogen) atoms. The molecule has 0 atom stereocenters. The quantitative estimate of drug-likeness (QED) is 0.810. The van der Waals surface area contributed by atoms with Gasteiger partial charge in [0.05, 0.1) is 4.90 Å². The van der Waals surface area contributed by atoms with Gasteiger partial charge < -0.3 is 5.32 Å². The minimum Gasteiger partial charge on any atom is -0.322 e. The highest BCUT2D eigenvalue weighted by Gasteiger charge is 2.25. The molecule has 6 heteroatoms. The molecule has 1 aliphatic carbocycles. The number of carbonyl (C=O) groups is 1. The Hall–Kier alpha value is -2.18. The summed E-state index contributed by atoms with van der Waals surface area (Å²) in [6.45, 7) is 1.16. The Morgan fingerprint density at radius 3 is 2.14 bits per heavy atom. The maximum atomic E-state index is 12.9. The second kappa shape index (κ2) is 8.67. The lowest BCUT2D eigenvalue weighted by Gasteiger charge is -2.20. The topological polar surface area (TPSA) is 66.5 Å². The smallest absolute Gasteiger partial charge is 0.255 e. The lowest BCUT2D eigenvalue weighted by molar-refractivity contribution is 0.102. The van der Waals surface area contributed by atoms with Crippen LogP contribution in [0.3, 0.4) is 0 Å². The van der Waals surface area contributed by atoms with Crippen molar-refractivity contribution in [1.29, 1.82) is 0 Å². The van der Waals surface area contributed by atoms with E-state index >= 15 is 0 Å². The SMILES string of the molecule is O=C(Nc1ccc(S(=O)(=O)N2CCCCCC2)cc1)c1ccc2c(c1)CCCC2. The van der Waals surface area contributed by atoms with Crippen LogP contribution in [0.4, 0.5) is 5.69 Å². The number of fused-ring (bicyclic) bond motifs is 1. The lowest BCUT2D eigenvalue weighted by Crippen LogP contribution is -2.31. The number of hydrogen-bond acceptors (Lipinski definition) is 3. The number of aryl methyl sites for hydroxylation is 2. The van der Waals surface area contributed by atoms with Gasteiger partial charge in [0, 0.05) is 24.3 Å². The number of rotatable bonds is 4. The van der Waals surface area contributed by atoms with Crippen molar-refractivity contribution in [3.63, 3.8) is 0 Å². The highest BCUT2D eigenvalue weighted by Crippen LogP contribution is 2.24. The number of benzene rings is 2. The minimum atomic E-state index is -3.47. The van der Waals surface area contributed by atoms with Gasteiger partial charge in [-0.1, -0.05) is 18.9 Å². The van der Waals surface area contributed by atoms with Gasteiger partial charge in [-0.25, -0.2) is 8.42 Å². The standard InChI is InChI=1S/C23H28N2O3S/c26-23(20-10-9-18-7-3-4-8-19(18)17-20)24-21-11-13-22(14-12-21)29(27,28)25-15-5-1-2-6-16-25/h9-14,17H,1-8,15-16H2,(H,24,26). The van der Waals surface area contributed by atoms with Gasteiger partial charge >= 0.3 is 0 Å². The van der Waals surface area contributed by atoms with Crippen molar-refractivity contribution < 1.29 is 13.2 Å². The molecule has 0 unspecified atom stereocenters. The van der Waals surface area contributed by atoms with Gasteiger partial charge in [0.2, 0.25) is 10.0 Å². The Labute approximate surface area is 173 Å². The molecule has 1 heterocycles. The Kier molecular flexibility index (Phi) is 6.01. The van der Waals surface area contributed by atoms with E-state index in [4.69, 9.17) is 0 Å². The lowest BCUT2D eigenvalue weighted by atomic mass is 9.90. The number of hydrogen-bond donors (Lipinski definition) is 1. The van der Waals surface area contributed by atoms with E-state index in [9.17, 15) is 13.2 Å². The average molecular weight is 413 g/mol. The fourth-order valence-electron chi connectivity index (χ4n) is 4.22. The number of carbonyl (C=O) groups excluding carboxylic acids is 1. The van der Waals surface area contributed by atoms with Crippen molar-refractivity contribution in [1.82, 2.24) is 4.31 Å². The molecule has 1 fully saturated rings. The number of nitrogens with one attached hydrogen (secondary N) is 1. The third-order valence-corrected chi connectivity index (χ3v) is 7.84. The van der Waals surface area contributed by atoms with Gasteiger partial charge in [-0.3, -0.25) is 4.79 Å². The largest absolute Gasteiger partial charge is 0.322 e. The Morgan fingerprint density at radius 1 is 0.793 bits per heavy atom. The van der Waals surface area contributed by atoms with Crippen molar-refractivity contribution in [2.75, 3.05) is 18.4 Å². The van der Waals surface area contributed by atoms with Crippen LogP contribution in [-0.4, -0.2) is 31.7 Å². The van der Waals surface area contributed by atoms with E-state index in [-0.39, 0.29) is 10.8 Å². The summed E-state index contributed by atoms with van der Waals surface area (Å²) in [4.78, 5) is 12.9. The van der Waals surface area contributed by atoms with E-state index in [1.54, 1.807) is 28.6 Å². The predicted molar refractivity (Wildman–Crippen MR) is 115 cm³/mol. The third-order valence-electron chi connectivity index (χ3n) is 5.93. The summed E-state index contributed by atoms with van der Waals surface area (Å²) in [6, 6.07) is 12.4. The summed E-state index contributed by atoms with van der Waals surface area (Å²) in [7, 11) is -3.47. The molecule has 0 spiro atoms. The first-order valence-electron chi connectivity index (χ1n) is 10.6. The van der Waals surface area contributed by atoms with Gasteiger partial charge in [0.1, 0.15) is 0 Å². The second-order valence-electron chi connectivity index (χ2n) is 7.99. The van der Waals surface area contributed by atoms with E-state index in [0.717, 1.165) is 38.5 Å². The summed E-state index contributed by atoms with van der Waals surface area (Å²) >= 11 is 0. The van der Waals surface area contributed by atoms with Crippen LogP contribution in [0.15, 0.2) is 47.4 Å². The zero-order chi connectivity index (χ0) is 20.3. The molecule has 0 bridgehead atoms. The zero-order valence-corrected chi connectivity index (χ0v) is 17.5. The second-order valence-corrected chi connectivity index (χ2v) is 9.93. The number of sulfonamides is 1. The fraction of sp³-hybridized carbons (Fsp3) is 0.435. The van der Waals surface area contributed by atoms with Crippen LogP contribution in [0.1, 0.15) is 60.0 Å². The van der Waals surface area contributed by atoms with E-state index in [2.05, 4.69) is 11.4 Å². The van der Waals surface area contributed by atoms with Crippen LogP contribution in [0, 0.1) is 0 Å². The number of amides is 1. The molecule has 2 aromatic rings. The predicted octanol–water partition coefficient (Wildman–Crippen LogP) is 4.38. The molecule has 1 N–H and O–H groups in total. The summed E-state index contributed by atoms with van der Waals surface area (Å²) in [5.74, 6) is -0.165. The van der Waals surface area contributed by atoms with E-state index in [1.165, 1.54) is 24.0 Å². The van der Waals surface area contributed by atoms with Gasteiger partial charge in [0.25, 0.3) is 5.91 Å². The summed E-state index contributed by atoms with van der Waals surface area (Å²) < 4.78 is 27.3. The number of anilines is 1. The molecule has 0 radical (unpaired) electrons. The summed E-state index contributed by atoms with van der Waals surface area (Å²) in [5.41, 5.74) is 3.85. The van der Waals surface area contributed by atoms with Crippen LogP contribution < -0.4 is 5.32 Å². The maximum absolute atomic E-state index is 12.9. The van der Waals surface area contributed by atoms with Crippen LogP contribution in [-0.2, 0) is 22.9 Å². The Balaban J connectivity index is 1.46. The van der Waals surface area contributed by atoms with E-state index < -0.39 is 10.0 Å². The highest BCUT2D eigenvalue weighted by molar-refractivity contribution is 7.89. The van der Waals surface area contributed by atoms with Crippen LogP contribution in [0.25, 0.3) is 0 Å². The van der Waals surface area contributed by atoms with Gasteiger partial charge in [-0.15, -0.1) is 0 Å². The van der Waals surface area contributed by atoms with Gasteiger partial charge in [-0.2, -0.15) is 4.31 Å². The molecule has 4 rings (SSSR count). The van der Waals surface area contributed by atoms with Gasteiger partial charge in [-0.05, 0) is 86.1 Å². The molecule has 1 amide bonds. The molecule has 0 saturated carbocycles. The highest BCUT2D eigenvalue weighted by atomic mass is 32.2. The monoisotopic (exact) mass is 412 g/mol. The maximum Gasteiger partial charge on any atom is 0.255 e. The molecule has 2 aliphatic rings. The molecule has 0 aromatic heterocycles. The van der Waals surface area contributed by atoms with Crippen molar-refractivity contribution in [2.45, 2.75) is 56.3 Å². The van der Waals surface area contributed by atoms with Crippen molar-refractivity contribution in [3.05, 3.63) is 59.2 Å². The molecule has 5 nitrogen and oxygen atoms in total. The molecular weight excluding hydrogens is 384 g/mol. The molecular formula is C23H28N2O3S. The Morgan fingerprint density at radius 2 is 1.45 bits per heavy atom. The van der Waals surface area contributed by atoms with Crippen molar-refractivity contribution in [2.24, 2.45) is 0 Å². The molecule has 1 saturated heterocycles. The minimum absolute atomic E-state index is 0.165. The third kappa shape index (κ3) is 4.54. The van der Waals surface area contributed by atoms with Crippen LogP contribution >= 0.6 is 0 Å². The van der Waals surface area contributed by atoms with E-state index in [1.807, 2.05) is 12.1 Å². The fourth-order valence-corrected chi connectivity index (χ4v) is 5.74. The summed E-state index contributed by atoms with van der Waals surface area (Å²) in [6.07, 6.45) is 8.49. The number of nitrogens with zero attached hydrogens (tertiary/aromatic N) is 1. The summed E-state index contributed by atoms with van der Waals surface area (Å²) in [5, 5.41) is 2.89. The average Bonchev–Trinajstić information content (AvgIpc) is 3.04. The van der Waals surface area contributed by atoms with Gasteiger partial charge in [0.15, 0.2) is 0 Å². The molecule has 2 aromatic carbocycles. The van der Waals surface area contributed by atoms with Crippen LogP contribution in [0.5, 0.6) is 0 Å². The first-order chi connectivity index (χ1) is 14.0. The van der Waals surface area contributed by atoms with Crippen molar-refractivity contribution in [3.8, 4) is 0 Å². The molecule has 1 aliphatic heterocycles.